The third-order valence-corrected chi connectivity index (χ3v) is 3.00. The molecular weight excluding hydrogens is 200 g/mol. The van der Waals surface area contributed by atoms with Gasteiger partial charge in [0.25, 0.3) is 0 Å². The van der Waals surface area contributed by atoms with Crippen LogP contribution in [0.15, 0.2) is 24.3 Å². The van der Waals surface area contributed by atoms with Gasteiger partial charge >= 0.3 is 0 Å². The van der Waals surface area contributed by atoms with Gasteiger partial charge in [0.15, 0.2) is 0 Å². The van der Waals surface area contributed by atoms with Crippen LogP contribution in [0, 0.1) is 0 Å². The van der Waals surface area contributed by atoms with Crippen LogP contribution in [-0.2, 0) is 0 Å². The van der Waals surface area contributed by atoms with Crippen molar-refractivity contribution < 1.29 is 4.74 Å². The molecule has 0 amide bonds. The summed E-state index contributed by atoms with van der Waals surface area (Å²) in [4.78, 5) is 2.41. The van der Waals surface area contributed by atoms with Gasteiger partial charge in [-0.25, -0.2) is 0 Å². The minimum absolute atomic E-state index is 0.720. The number of nitrogens with zero attached hydrogens (tertiary/aromatic N) is 1. The summed E-state index contributed by atoms with van der Waals surface area (Å²) in [5.74, 6) is 0.802. The summed E-state index contributed by atoms with van der Waals surface area (Å²) < 4.78 is 5.64. The molecule has 88 valence electrons. The third-order valence-electron chi connectivity index (χ3n) is 3.00. The van der Waals surface area contributed by atoms with E-state index in [-0.39, 0.29) is 0 Å². The Balaban J connectivity index is 1.66. The van der Waals surface area contributed by atoms with E-state index in [1.165, 1.54) is 12.8 Å². The van der Waals surface area contributed by atoms with Gasteiger partial charge in [-0.3, -0.25) is 0 Å². The molecule has 1 aromatic rings. The molecule has 0 saturated heterocycles. The molecule has 0 radical (unpaired) electrons. The molecule has 0 heterocycles. The minimum Gasteiger partial charge on any atom is -0.491 e. The van der Waals surface area contributed by atoms with Crippen molar-refractivity contribution in [2.24, 2.45) is 0 Å². The van der Waals surface area contributed by atoms with Gasteiger partial charge < -0.3 is 15.4 Å². The lowest BCUT2D eigenvalue weighted by atomic mass is 10.3. The van der Waals surface area contributed by atoms with Crippen molar-refractivity contribution in [2.75, 3.05) is 25.9 Å². The summed E-state index contributed by atoms with van der Waals surface area (Å²) in [7, 11) is 2.19. The van der Waals surface area contributed by atoms with E-state index in [4.69, 9.17) is 10.5 Å². The van der Waals surface area contributed by atoms with Crippen molar-refractivity contribution in [1.82, 2.24) is 4.90 Å². The van der Waals surface area contributed by atoms with Crippen molar-refractivity contribution in [3.63, 3.8) is 0 Å². The molecule has 0 bridgehead atoms. The van der Waals surface area contributed by atoms with E-state index in [1.54, 1.807) is 0 Å². The topological polar surface area (TPSA) is 38.5 Å². The first-order chi connectivity index (χ1) is 7.77. The van der Waals surface area contributed by atoms with Crippen LogP contribution in [0.5, 0.6) is 5.75 Å². The van der Waals surface area contributed by atoms with E-state index in [1.807, 2.05) is 24.3 Å². The number of hydrogen-bond donors (Lipinski definition) is 1. The maximum absolute atomic E-state index is 5.79. The number of anilines is 1. The third kappa shape index (κ3) is 3.14. The SMILES string of the molecule is CN(CCCOc1ccccc1N)C1CC1. The number of hydrogen-bond acceptors (Lipinski definition) is 3. The first-order valence-electron chi connectivity index (χ1n) is 5.95. The Hall–Kier alpha value is -1.22. The predicted molar refractivity (Wildman–Crippen MR) is 66.6 cm³/mol. The number of rotatable bonds is 6. The van der Waals surface area contributed by atoms with Crippen molar-refractivity contribution in [3.05, 3.63) is 24.3 Å². The van der Waals surface area contributed by atoms with Crippen LogP contribution < -0.4 is 10.5 Å². The van der Waals surface area contributed by atoms with Gasteiger partial charge in [0.2, 0.25) is 0 Å². The fraction of sp³-hybridized carbons (Fsp3) is 0.538. The Morgan fingerprint density at radius 1 is 1.38 bits per heavy atom. The summed E-state index contributed by atoms with van der Waals surface area (Å²) in [5.41, 5.74) is 6.51. The van der Waals surface area contributed by atoms with Crippen LogP contribution in [0.25, 0.3) is 0 Å². The normalized spacial score (nSPS) is 15.4. The van der Waals surface area contributed by atoms with Gasteiger partial charge in [0.1, 0.15) is 5.75 Å². The standard InChI is InChI=1S/C13H20N2O/c1-15(11-7-8-11)9-4-10-16-13-6-3-2-5-12(13)14/h2-3,5-6,11H,4,7-10,14H2,1H3. The molecular formula is C13H20N2O. The quantitative estimate of drug-likeness (QED) is 0.589. The summed E-state index contributed by atoms with van der Waals surface area (Å²) in [6.45, 7) is 1.85. The maximum atomic E-state index is 5.79. The largest absolute Gasteiger partial charge is 0.491 e. The molecule has 3 heteroatoms. The monoisotopic (exact) mass is 220 g/mol. The second kappa shape index (κ2) is 5.21. The number of ether oxygens (including phenoxy) is 1. The summed E-state index contributed by atoms with van der Waals surface area (Å²) in [6.07, 6.45) is 3.79. The van der Waals surface area contributed by atoms with Crippen LogP contribution in [0.1, 0.15) is 19.3 Å². The highest BCUT2D eigenvalue weighted by atomic mass is 16.5. The predicted octanol–water partition coefficient (Wildman–Crippen LogP) is 2.13. The molecule has 2 N–H and O–H groups in total. The molecule has 0 aromatic heterocycles. The fourth-order valence-corrected chi connectivity index (χ4v) is 1.81. The van der Waals surface area contributed by atoms with Crippen LogP contribution in [0.2, 0.25) is 0 Å². The summed E-state index contributed by atoms with van der Waals surface area (Å²) >= 11 is 0. The number of para-hydroxylation sites is 2. The van der Waals surface area contributed by atoms with E-state index in [9.17, 15) is 0 Å². The number of nitrogen functional groups attached to an aromatic ring is 1. The zero-order valence-electron chi connectivity index (χ0n) is 9.86. The molecule has 1 saturated carbocycles. The molecule has 1 fully saturated rings. The molecule has 0 atom stereocenters. The minimum atomic E-state index is 0.720. The smallest absolute Gasteiger partial charge is 0.142 e. The van der Waals surface area contributed by atoms with Gasteiger partial charge in [0.05, 0.1) is 12.3 Å². The van der Waals surface area contributed by atoms with Crippen LogP contribution in [0.4, 0.5) is 5.69 Å². The van der Waals surface area contributed by atoms with Gasteiger partial charge in [-0.15, -0.1) is 0 Å². The zero-order chi connectivity index (χ0) is 11.4. The molecule has 16 heavy (non-hydrogen) atoms. The number of nitrogens with two attached hydrogens (primary N) is 1. The van der Waals surface area contributed by atoms with Gasteiger partial charge in [-0.1, -0.05) is 12.1 Å². The van der Waals surface area contributed by atoms with E-state index in [0.717, 1.165) is 37.1 Å². The highest BCUT2D eigenvalue weighted by Gasteiger charge is 2.25. The van der Waals surface area contributed by atoms with Crippen molar-refractivity contribution in [3.8, 4) is 5.75 Å². The Labute approximate surface area is 97.2 Å². The lowest BCUT2D eigenvalue weighted by Gasteiger charge is -2.15. The van der Waals surface area contributed by atoms with Crippen LogP contribution in [-0.4, -0.2) is 31.1 Å². The lowest BCUT2D eigenvalue weighted by molar-refractivity contribution is 0.258. The molecule has 3 nitrogen and oxygen atoms in total. The highest BCUT2D eigenvalue weighted by molar-refractivity contribution is 5.51. The van der Waals surface area contributed by atoms with Crippen LogP contribution in [0.3, 0.4) is 0 Å². The van der Waals surface area contributed by atoms with Gasteiger partial charge in [-0.05, 0) is 38.4 Å². The van der Waals surface area contributed by atoms with Crippen molar-refractivity contribution in [2.45, 2.75) is 25.3 Å². The zero-order valence-corrected chi connectivity index (χ0v) is 9.86. The lowest BCUT2D eigenvalue weighted by Crippen LogP contribution is -2.23. The molecule has 0 unspecified atom stereocenters. The second-order valence-corrected chi connectivity index (χ2v) is 4.45. The summed E-state index contributed by atoms with van der Waals surface area (Å²) in [6, 6.07) is 8.48. The Bertz CT molecular complexity index is 336. The molecule has 2 rings (SSSR count). The molecule has 1 aliphatic rings. The maximum Gasteiger partial charge on any atom is 0.142 e. The van der Waals surface area contributed by atoms with Crippen molar-refractivity contribution >= 4 is 5.69 Å². The Morgan fingerprint density at radius 3 is 2.81 bits per heavy atom. The van der Waals surface area contributed by atoms with Gasteiger partial charge in [0, 0.05) is 12.6 Å². The Kier molecular flexibility index (Phi) is 3.67. The van der Waals surface area contributed by atoms with Crippen molar-refractivity contribution in [1.29, 1.82) is 0 Å². The molecule has 0 aliphatic heterocycles. The van der Waals surface area contributed by atoms with E-state index < -0.39 is 0 Å². The first kappa shape index (κ1) is 11.3. The highest BCUT2D eigenvalue weighted by Crippen LogP contribution is 2.25. The fourth-order valence-electron chi connectivity index (χ4n) is 1.81. The first-order valence-corrected chi connectivity index (χ1v) is 5.95. The second-order valence-electron chi connectivity index (χ2n) is 4.45. The van der Waals surface area contributed by atoms with E-state index in [0.29, 0.717) is 0 Å². The Morgan fingerprint density at radius 2 is 2.12 bits per heavy atom. The van der Waals surface area contributed by atoms with Gasteiger partial charge in [-0.2, -0.15) is 0 Å². The average Bonchev–Trinajstić information content (AvgIpc) is 3.10. The average molecular weight is 220 g/mol. The molecule has 1 aliphatic carbocycles. The van der Waals surface area contributed by atoms with E-state index in [2.05, 4.69) is 11.9 Å². The summed E-state index contributed by atoms with van der Waals surface area (Å²) in [5, 5.41) is 0. The molecule has 1 aromatic carbocycles. The molecule has 0 spiro atoms. The van der Waals surface area contributed by atoms with Crippen LogP contribution >= 0.6 is 0 Å². The number of benzene rings is 1. The van der Waals surface area contributed by atoms with E-state index >= 15 is 0 Å².